The summed E-state index contributed by atoms with van der Waals surface area (Å²) in [5, 5.41) is 32.9. The van der Waals surface area contributed by atoms with E-state index in [0.717, 1.165) is 25.7 Å². The topological polar surface area (TPSA) is 89.8 Å². The van der Waals surface area contributed by atoms with Crippen molar-refractivity contribution in [3.8, 4) is 0 Å². The van der Waals surface area contributed by atoms with E-state index in [0.29, 0.717) is 6.42 Å². The maximum atomic E-state index is 12.3. The van der Waals surface area contributed by atoms with Gasteiger partial charge < -0.3 is 20.6 Å². The van der Waals surface area contributed by atoms with Crippen LogP contribution in [-0.2, 0) is 4.79 Å². The van der Waals surface area contributed by atoms with E-state index in [1.54, 1.807) is 6.08 Å². The molecule has 232 valence electrons. The third-order valence-corrected chi connectivity index (χ3v) is 7.82. The van der Waals surface area contributed by atoms with Crippen LogP contribution in [0.3, 0.4) is 0 Å². The second kappa shape index (κ2) is 30.1. The van der Waals surface area contributed by atoms with E-state index in [9.17, 15) is 20.1 Å². The monoisotopic (exact) mass is 554 g/mol. The first kappa shape index (κ1) is 38.1. The molecule has 3 unspecified atom stereocenters. The predicted octanol–water partition coefficient (Wildman–Crippen LogP) is 8.53. The van der Waals surface area contributed by atoms with Gasteiger partial charge in [-0.2, -0.15) is 0 Å². The van der Waals surface area contributed by atoms with Gasteiger partial charge in [0.1, 0.15) is 0 Å². The minimum atomic E-state index is -0.921. The number of unbranched alkanes of at least 4 members (excludes halogenated alkanes) is 21. The Hall–Kier alpha value is -0.910. The average Bonchev–Trinajstić information content (AvgIpc) is 2.92. The molecule has 3 atom stereocenters. The molecule has 0 aromatic carbocycles. The number of aliphatic hydroxyl groups excluding tert-OH is 3. The Bertz CT molecular complexity index is 539. The number of hydrogen-bond donors (Lipinski definition) is 4. The largest absolute Gasteiger partial charge is 0.394 e. The van der Waals surface area contributed by atoms with Crippen LogP contribution in [0.1, 0.15) is 174 Å². The second-order valence-corrected chi connectivity index (χ2v) is 11.8. The SMILES string of the molecule is CCCCCCCCCCCC/C=C/C(O)C(CO)NC(=O)CC(O)CCCCCCCCCCCCCC. The van der Waals surface area contributed by atoms with Gasteiger partial charge >= 0.3 is 0 Å². The van der Waals surface area contributed by atoms with Gasteiger partial charge in [0.15, 0.2) is 0 Å². The minimum absolute atomic E-state index is 0.0174. The molecule has 1 amide bonds. The lowest BCUT2D eigenvalue weighted by Gasteiger charge is -2.21. The Kier molecular flexibility index (Phi) is 29.4. The van der Waals surface area contributed by atoms with E-state index < -0.39 is 18.2 Å². The van der Waals surface area contributed by atoms with Crippen molar-refractivity contribution >= 4 is 5.91 Å². The highest BCUT2D eigenvalue weighted by atomic mass is 16.3. The molecule has 0 aromatic rings. The van der Waals surface area contributed by atoms with Crippen molar-refractivity contribution < 1.29 is 20.1 Å². The van der Waals surface area contributed by atoms with Gasteiger partial charge in [-0.15, -0.1) is 0 Å². The zero-order valence-corrected chi connectivity index (χ0v) is 26.0. The summed E-state index contributed by atoms with van der Waals surface area (Å²) >= 11 is 0. The van der Waals surface area contributed by atoms with Crippen LogP contribution in [0, 0.1) is 0 Å². The Labute approximate surface area is 242 Å². The summed E-state index contributed by atoms with van der Waals surface area (Å²) in [5.41, 5.74) is 0. The Morgan fingerprint density at radius 1 is 0.641 bits per heavy atom. The number of nitrogens with one attached hydrogen (secondary N) is 1. The van der Waals surface area contributed by atoms with Crippen LogP contribution in [0.5, 0.6) is 0 Å². The molecule has 0 saturated heterocycles. The van der Waals surface area contributed by atoms with Crippen molar-refractivity contribution in [2.24, 2.45) is 0 Å². The van der Waals surface area contributed by atoms with Crippen molar-refractivity contribution in [3.63, 3.8) is 0 Å². The fourth-order valence-corrected chi connectivity index (χ4v) is 5.16. The van der Waals surface area contributed by atoms with Crippen LogP contribution in [0.25, 0.3) is 0 Å². The zero-order chi connectivity index (χ0) is 28.8. The number of aliphatic hydroxyl groups is 3. The first-order valence-electron chi connectivity index (χ1n) is 17.0. The summed E-state index contributed by atoms with van der Waals surface area (Å²) in [7, 11) is 0. The predicted molar refractivity (Wildman–Crippen MR) is 167 cm³/mol. The number of carbonyl (C=O) groups excluding carboxylic acids is 1. The van der Waals surface area contributed by atoms with Gasteiger partial charge in [-0.3, -0.25) is 4.79 Å². The van der Waals surface area contributed by atoms with Crippen LogP contribution in [-0.4, -0.2) is 46.1 Å². The summed E-state index contributed by atoms with van der Waals surface area (Å²) in [5.74, 6) is -0.317. The van der Waals surface area contributed by atoms with E-state index in [-0.39, 0.29) is 18.9 Å². The molecule has 0 radical (unpaired) electrons. The van der Waals surface area contributed by atoms with Crippen LogP contribution >= 0.6 is 0 Å². The molecule has 0 saturated carbocycles. The number of carbonyl (C=O) groups is 1. The van der Waals surface area contributed by atoms with Gasteiger partial charge in [0, 0.05) is 0 Å². The summed E-state index contributed by atoms with van der Waals surface area (Å²) in [4.78, 5) is 12.3. The number of hydrogen-bond acceptors (Lipinski definition) is 4. The van der Waals surface area contributed by atoms with Gasteiger partial charge in [0.25, 0.3) is 0 Å². The van der Waals surface area contributed by atoms with Crippen molar-refractivity contribution in [2.45, 2.75) is 193 Å². The quantitative estimate of drug-likeness (QED) is 0.0530. The van der Waals surface area contributed by atoms with Gasteiger partial charge in [-0.1, -0.05) is 161 Å². The van der Waals surface area contributed by atoms with Crippen LogP contribution in [0.4, 0.5) is 0 Å². The first-order chi connectivity index (χ1) is 19.0. The molecular weight excluding hydrogens is 486 g/mol. The molecule has 4 N–H and O–H groups in total. The van der Waals surface area contributed by atoms with E-state index in [2.05, 4.69) is 19.2 Å². The van der Waals surface area contributed by atoms with Crippen LogP contribution in [0.15, 0.2) is 12.2 Å². The highest BCUT2D eigenvalue weighted by molar-refractivity contribution is 5.76. The van der Waals surface area contributed by atoms with E-state index in [1.165, 1.54) is 122 Å². The summed E-state index contributed by atoms with van der Waals surface area (Å²) in [6.07, 6.45) is 31.8. The van der Waals surface area contributed by atoms with Crippen molar-refractivity contribution in [1.29, 1.82) is 0 Å². The highest BCUT2D eigenvalue weighted by Crippen LogP contribution is 2.14. The van der Waals surface area contributed by atoms with Gasteiger partial charge in [-0.05, 0) is 19.3 Å². The molecule has 0 aliphatic rings. The molecule has 5 heteroatoms. The van der Waals surface area contributed by atoms with Crippen LogP contribution in [0.2, 0.25) is 0 Å². The maximum Gasteiger partial charge on any atom is 0.222 e. The standard InChI is InChI=1S/C34H67NO4/c1-3-5-7-9-11-13-15-17-19-21-23-25-27-31(37)29-34(39)35-32(30-36)33(38)28-26-24-22-20-18-16-14-12-10-8-6-4-2/h26,28,31-33,36-38H,3-25,27,29-30H2,1-2H3,(H,35,39)/b28-26+. The molecule has 39 heavy (non-hydrogen) atoms. The molecule has 0 aromatic heterocycles. The van der Waals surface area contributed by atoms with E-state index in [4.69, 9.17) is 0 Å². The third-order valence-electron chi connectivity index (χ3n) is 7.82. The zero-order valence-electron chi connectivity index (χ0n) is 26.0. The molecule has 0 heterocycles. The first-order valence-corrected chi connectivity index (χ1v) is 17.0. The lowest BCUT2D eigenvalue weighted by atomic mass is 10.0. The fraction of sp³-hybridized carbons (Fsp3) is 0.912. The van der Waals surface area contributed by atoms with Crippen LogP contribution < -0.4 is 5.32 Å². The highest BCUT2D eigenvalue weighted by Gasteiger charge is 2.20. The van der Waals surface area contributed by atoms with Crippen molar-refractivity contribution in [1.82, 2.24) is 5.32 Å². The third kappa shape index (κ3) is 27.0. The average molecular weight is 554 g/mol. The number of amides is 1. The summed E-state index contributed by atoms with van der Waals surface area (Å²) in [6.45, 7) is 4.18. The summed E-state index contributed by atoms with van der Waals surface area (Å²) in [6, 6.07) is -0.736. The molecule has 0 bridgehead atoms. The fourth-order valence-electron chi connectivity index (χ4n) is 5.16. The molecular formula is C34H67NO4. The van der Waals surface area contributed by atoms with E-state index in [1.807, 2.05) is 6.08 Å². The lowest BCUT2D eigenvalue weighted by molar-refractivity contribution is -0.124. The molecule has 0 fully saturated rings. The molecule has 0 rings (SSSR count). The molecule has 0 aliphatic heterocycles. The molecule has 5 nitrogen and oxygen atoms in total. The number of rotatable bonds is 30. The lowest BCUT2D eigenvalue weighted by Crippen LogP contribution is -2.45. The Balaban J connectivity index is 3.77. The molecule has 0 aliphatic carbocycles. The number of allylic oxidation sites excluding steroid dienone is 1. The second-order valence-electron chi connectivity index (χ2n) is 11.8. The van der Waals surface area contributed by atoms with E-state index >= 15 is 0 Å². The normalized spacial score (nSPS) is 14.1. The minimum Gasteiger partial charge on any atom is -0.394 e. The van der Waals surface area contributed by atoms with Crippen molar-refractivity contribution in [3.05, 3.63) is 12.2 Å². The molecule has 0 spiro atoms. The summed E-state index contributed by atoms with van der Waals surface area (Å²) < 4.78 is 0. The Morgan fingerprint density at radius 2 is 1.05 bits per heavy atom. The van der Waals surface area contributed by atoms with Crippen molar-refractivity contribution in [2.75, 3.05) is 6.61 Å². The van der Waals surface area contributed by atoms with Gasteiger partial charge in [0.2, 0.25) is 5.91 Å². The van der Waals surface area contributed by atoms with Gasteiger partial charge in [0.05, 0.1) is 31.3 Å². The van der Waals surface area contributed by atoms with Gasteiger partial charge in [-0.25, -0.2) is 0 Å². The maximum absolute atomic E-state index is 12.3. The smallest absolute Gasteiger partial charge is 0.222 e. The Morgan fingerprint density at radius 3 is 1.49 bits per heavy atom.